The highest BCUT2D eigenvalue weighted by atomic mass is 35.5. The van der Waals surface area contributed by atoms with E-state index in [9.17, 15) is 9.59 Å². The van der Waals surface area contributed by atoms with Gasteiger partial charge in [-0.25, -0.2) is 0 Å². The summed E-state index contributed by atoms with van der Waals surface area (Å²) in [5.74, 6) is 0.382. The summed E-state index contributed by atoms with van der Waals surface area (Å²) in [6.07, 6.45) is -0.349. The lowest BCUT2D eigenvalue weighted by Gasteiger charge is -2.32. The first-order valence-corrected chi connectivity index (χ1v) is 8.51. The highest BCUT2D eigenvalue weighted by Gasteiger charge is 2.31. The smallest absolute Gasteiger partial charge is 0.267 e. The Morgan fingerprint density at radius 2 is 1.92 bits per heavy atom. The van der Waals surface area contributed by atoms with E-state index in [0.29, 0.717) is 29.5 Å². The summed E-state index contributed by atoms with van der Waals surface area (Å²) < 4.78 is 5.59. The van der Waals surface area contributed by atoms with E-state index in [4.69, 9.17) is 16.3 Å². The standard InChI is InChI=1S/C19H19ClN2O3/c1-13-19(24)22(16-8-4-5-9-17(16)25-13)11-10-18(23)21-12-14-6-2-3-7-15(14)20/h2-9,13H,10-12H2,1H3,(H,21,23)/t13-/m0/s1. The van der Waals surface area contributed by atoms with Crippen LogP contribution in [0.1, 0.15) is 18.9 Å². The summed E-state index contributed by atoms with van der Waals surface area (Å²) in [5.41, 5.74) is 1.56. The van der Waals surface area contributed by atoms with Crippen LogP contribution in [0.5, 0.6) is 5.75 Å². The van der Waals surface area contributed by atoms with Gasteiger partial charge < -0.3 is 15.0 Å². The lowest BCUT2D eigenvalue weighted by atomic mass is 10.1. The van der Waals surface area contributed by atoms with E-state index in [2.05, 4.69) is 5.32 Å². The van der Waals surface area contributed by atoms with Crippen LogP contribution in [0.15, 0.2) is 48.5 Å². The van der Waals surface area contributed by atoms with Gasteiger partial charge in [-0.3, -0.25) is 9.59 Å². The van der Waals surface area contributed by atoms with Crippen LogP contribution < -0.4 is 15.0 Å². The zero-order chi connectivity index (χ0) is 17.8. The van der Waals surface area contributed by atoms with E-state index < -0.39 is 6.10 Å². The zero-order valence-corrected chi connectivity index (χ0v) is 14.6. The van der Waals surface area contributed by atoms with Gasteiger partial charge >= 0.3 is 0 Å². The third-order valence-electron chi connectivity index (χ3n) is 4.07. The largest absolute Gasteiger partial charge is 0.479 e. The van der Waals surface area contributed by atoms with Crippen LogP contribution in [0, 0.1) is 0 Å². The molecule has 2 amide bonds. The SMILES string of the molecule is C[C@@H]1Oc2ccccc2N(CCC(=O)NCc2ccccc2Cl)C1=O. The van der Waals surface area contributed by atoms with Crippen LogP contribution in [0.2, 0.25) is 5.02 Å². The molecule has 0 radical (unpaired) electrons. The second-order valence-electron chi connectivity index (χ2n) is 5.84. The van der Waals surface area contributed by atoms with Gasteiger partial charge in [-0.1, -0.05) is 41.9 Å². The fourth-order valence-electron chi connectivity index (χ4n) is 2.73. The molecule has 1 aliphatic heterocycles. The fraction of sp³-hybridized carbons (Fsp3) is 0.263. The van der Waals surface area contributed by atoms with Crippen molar-refractivity contribution in [2.75, 3.05) is 11.4 Å². The third kappa shape index (κ3) is 3.94. The molecule has 0 saturated heterocycles. The molecule has 25 heavy (non-hydrogen) atoms. The molecule has 2 aromatic rings. The van der Waals surface area contributed by atoms with E-state index in [-0.39, 0.29) is 18.2 Å². The van der Waals surface area contributed by atoms with E-state index >= 15 is 0 Å². The van der Waals surface area contributed by atoms with Crippen molar-refractivity contribution in [3.8, 4) is 5.75 Å². The number of fused-ring (bicyclic) bond motifs is 1. The van der Waals surface area contributed by atoms with Crippen molar-refractivity contribution in [2.45, 2.75) is 26.0 Å². The Labute approximate surface area is 151 Å². The topological polar surface area (TPSA) is 58.6 Å². The predicted octanol–water partition coefficient (Wildman–Crippen LogP) is 3.16. The average Bonchev–Trinajstić information content (AvgIpc) is 2.61. The van der Waals surface area contributed by atoms with Gasteiger partial charge in [-0.15, -0.1) is 0 Å². The summed E-state index contributed by atoms with van der Waals surface area (Å²) in [6, 6.07) is 14.7. The highest BCUT2D eigenvalue weighted by molar-refractivity contribution is 6.31. The van der Waals surface area contributed by atoms with E-state index in [1.165, 1.54) is 0 Å². The van der Waals surface area contributed by atoms with E-state index in [1.54, 1.807) is 17.9 Å². The molecule has 0 bridgehead atoms. The highest BCUT2D eigenvalue weighted by Crippen LogP contribution is 2.33. The molecule has 0 fully saturated rings. The van der Waals surface area contributed by atoms with Crippen molar-refractivity contribution in [1.82, 2.24) is 5.32 Å². The number of carbonyl (C=O) groups excluding carboxylic acids is 2. The van der Waals surface area contributed by atoms with Crippen molar-refractivity contribution in [2.24, 2.45) is 0 Å². The van der Waals surface area contributed by atoms with Gasteiger partial charge in [-0.2, -0.15) is 0 Å². The maximum atomic E-state index is 12.4. The number of hydrogen-bond acceptors (Lipinski definition) is 3. The molecule has 3 rings (SSSR count). The van der Waals surface area contributed by atoms with Gasteiger partial charge in [0.1, 0.15) is 5.75 Å². The predicted molar refractivity (Wildman–Crippen MR) is 96.8 cm³/mol. The molecular weight excluding hydrogens is 340 g/mol. The molecule has 0 aromatic heterocycles. The number of carbonyl (C=O) groups is 2. The quantitative estimate of drug-likeness (QED) is 0.893. The number of ether oxygens (including phenoxy) is 1. The summed E-state index contributed by atoms with van der Waals surface area (Å²) in [7, 11) is 0. The third-order valence-corrected chi connectivity index (χ3v) is 4.44. The normalized spacial score (nSPS) is 16.2. The molecule has 6 heteroatoms. The number of nitrogens with zero attached hydrogens (tertiary/aromatic N) is 1. The van der Waals surface area contributed by atoms with Crippen molar-refractivity contribution in [3.63, 3.8) is 0 Å². The summed E-state index contributed by atoms with van der Waals surface area (Å²) in [5, 5.41) is 3.46. The molecule has 2 aromatic carbocycles. The molecule has 0 saturated carbocycles. The first-order chi connectivity index (χ1) is 12.1. The van der Waals surface area contributed by atoms with Crippen molar-refractivity contribution < 1.29 is 14.3 Å². The van der Waals surface area contributed by atoms with Gasteiger partial charge in [0.2, 0.25) is 5.91 Å². The van der Waals surface area contributed by atoms with E-state index in [0.717, 1.165) is 5.56 Å². The van der Waals surface area contributed by atoms with Crippen molar-refractivity contribution >= 4 is 29.1 Å². The minimum absolute atomic E-state index is 0.135. The molecule has 1 heterocycles. The Morgan fingerprint density at radius 1 is 1.20 bits per heavy atom. The lowest BCUT2D eigenvalue weighted by molar-refractivity contribution is -0.125. The fourth-order valence-corrected chi connectivity index (χ4v) is 2.93. The first kappa shape index (κ1) is 17.3. The second kappa shape index (κ2) is 7.57. The molecule has 0 unspecified atom stereocenters. The minimum Gasteiger partial charge on any atom is -0.479 e. The van der Waals surface area contributed by atoms with Crippen LogP contribution in [0.3, 0.4) is 0 Å². The Balaban J connectivity index is 1.60. The molecule has 0 spiro atoms. The second-order valence-corrected chi connectivity index (χ2v) is 6.24. The molecule has 1 N–H and O–H groups in total. The maximum absolute atomic E-state index is 12.4. The summed E-state index contributed by atoms with van der Waals surface area (Å²) in [4.78, 5) is 26.1. The van der Waals surface area contributed by atoms with Gasteiger partial charge in [0, 0.05) is 24.5 Å². The number of amides is 2. The van der Waals surface area contributed by atoms with Crippen LogP contribution in [-0.2, 0) is 16.1 Å². The first-order valence-electron chi connectivity index (χ1n) is 8.13. The molecule has 1 atom stereocenters. The molecule has 1 aliphatic rings. The number of halogens is 1. The number of nitrogens with one attached hydrogen (secondary N) is 1. The summed E-state index contributed by atoms with van der Waals surface area (Å²) in [6.45, 7) is 2.38. The van der Waals surface area contributed by atoms with Gasteiger partial charge in [0.25, 0.3) is 5.91 Å². The monoisotopic (exact) mass is 358 g/mol. The van der Waals surface area contributed by atoms with Crippen LogP contribution in [0.25, 0.3) is 0 Å². The number of hydrogen-bond donors (Lipinski definition) is 1. The molecule has 0 aliphatic carbocycles. The number of rotatable bonds is 5. The Morgan fingerprint density at radius 3 is 2.72 bits per heavy atom. The summed E-state index contributed by atoms with van der Waals surface area (Å²) >= 11 is 6.08. The Kier molecular flexibility index (Phi) is 5.24. The van der Waals surface area contributed by atoms with Crippen molar-refractivity contribution in [3.05, 3.63) is 59.1 Å². The zero-order valence-electron chi connectivity index (χ0n) is 13.9. The average molecular weight is 359 g/mol. The number of benzene rings is 2. The molecular formula is C19H19ClN2O3. The van der Waals surface area contributed by atoms with Gasteiger partial charge in [-0.05, 0) is 30.7 Å². The maximum Gasteiger partial charge on any atom is 0.267 e. The van der Waals surface area contributed by atoms with Crippen LogP contribution in [-0.4, -0.2) is 24.5 Å². The minimum atomic E-state index is -0.555. The molecule has 5 nitrogen and oxygen atoms in total. The number of para-hydroxylation sites is 2. The van der Waals surface area contributed by atoms with Crippen LogP contribution in [0.4, 0.5) is 5.69 Å². The Hall–Kier alpha value is -2.53. The Bertz CT molecular complexity index is 794. The molecule has 130 valence electrons. The van der Waals surface area contributed by atoms with Gasteiger partial charge in [0.05, 0.1) is 5.69 Å². The van der Waals surface area contributed by atoms with Crippen molar-refractivity contribution in [1.29, 1.82) is 0 Å². The lowest BCUT2D eigenvalue weighted by Crippen LogP contribution is -2.45. The van der Waals surface area contributed by atoms with E-state index in [1.807, 2.05) is 42.5 Å². The number of anilines is 1. The van der Waals surface area contributed by atoms with Gasteiger partial charge in [0.15, 0.2) is 6.10 Å². The van der Waals surface area contributed by atoms with Crippen LogP contribution >= 0.6 is 11.6 Å².